The number of hydrogen-bond donors (Lipinski definition) is 1. The molecule has 0 aliphatic heterocycles. The van der Waals surface area contributed by atoms with Gasteiger partial charge in [-0.3, -0.25) is 0 Å². The molecule has 162 valence electrons. The predicted molar refractivity (Wildman–Crippen MR) is 125 cm³/mol. The maximum Gasteiger partial charge on any atom is 0.119 e. The van der Waals surface area contributed by atoms with Crippen molar-refractivity contribution in [2.75, 3.05) is 19.7 Å². The Morgan fingerprint density at radius 2 is 1.07 bits per heavy atom. The normalized spacial score (nSPS) is 11.1. The molecule has 0 atom stereocenters. The Kier molecular flexibility index (Phi) is 16.1. The summed E-state index contributed by atoms with van der Waals surface area (Å²) in [4.78, 5) is 0. The highest BCUT2D eigenvalue weighted by Gasteiger charge is 1.97. The van der Waals surface area contributed by atoms with Gasteiger partial charge < -0.3 is 10.1 Å². The van der Waals surface area contributed by atoms with E-state index in [9.17, 15) is 0 Å². The first kappa shape index (κ1) is 25.0. The van der Waals surface area contributed by atoms with Crippen molar-refractivity contribution in [1.82, 2.24) is 5.32 Å². The van der Waals surface area contributed by atoms with E-state index in [1.165, 1.54) is 101 Å². The lowest BCUT2D eigenvalue weighted by Crippen LogP contribution is -2.22. The molecule has 1 rings (SSSR count). The number of hydrogen-bond acceptors (Lipinski definition) is 2. The lowest BCUT2D eigenvalue weighted by Gasteiger charge is -2.09. The molecule has 0 unspecified atom stereocenters. The molecule has 0 saturated carbocycles. The van der Waals surface area contributed by atoms with Crippen molar-refractivity contribution in [3.63, 3.8) is 0 Å². The van der Waals surface area contributed by atoms with Crippen LogP contribution in [0.3, 0.4) is 0 Å². The average molecular weight is 390 g/mol. The van der Waals surface area contributed by atoms with Crippen LogP contribution in [0.4, 0.5) is 0 Å². The minimum absolute atomic E-state index is 0.751. The van der Waals surface area contributed by atoms with Crippen molar-refractivity contribution in [3.8, 4) is 5.75 Å². The highest BCUT2D eigenvalue weighted by Crippen LogP contribution is 2.16. The minimum atomic E-state index is 0.751. The first-order valence-corrected chi connectivity index (χ1v) is 12.1. The molecule has 28 heavy (non-hydrogen) atoms. The van der Waals surface area contributed by atoms with Crippen molar-refractivity contribution in [2.24, 2.45) is 0 Å². The number of nitrogens with one attached hydrogen (secondary N) is 1. The first-order valence-electron chi connectivity index (χ1n) is 12.1. The topological polar surface area (TPSA) is 21.3 Å². The predicted octanol–water partition coefficient (Wildman–Crippen LogP) is 7.75. The van der Waals surface area contributed by atoms with E-state index in [0.717, 1.165) is 25.4 Å². The fraction of sp³-hybridized carbons (Fsp3) is 0.769. The summed E-state index contributed by atoms with van der Waals surface area (Å²) >= 11 is 0. The largest absolute Gasteiger partial charge is 0.492 e. The van der Waals surface area contributed by atoms with Gasteiger partial charge >= 0.3 is 0 Å². The lowest BCUT2D eigenvalue weighted by atomic mass is 10.0. The number of ether oxygens (including phenoxy) is 1. The molecule has 0 aromatic heterocycles. The van der Waals surface area contributed by atoms with Crippen LogP contribution in [0.2, 0.25) is 0 Å². The zero-order chi connectivity index (χ0) is 20.3. The SMILES string of the molecule is CCCCCCCCCCCCCCCCNCCOc1cc(C)cc(C)c1. The van der Waals surface area contributed by atoms with E-state index in [2.05, 4.69) is 44.3 Å². The number of aryl methyl sites for hydroxylation is 2. The van der Waals surface area contributed by atoms with Gasteiger partial charge in [0, 0.05) is 6.54 Å². The van der Waals surface area contributed by atoms with Gasteiger partial charge in [0.05, 0.1) is 0 Å². The van der Waals surface area contributed by atoms with Gasteiger partial charge in [0.25, 0.3) is 0 Å². The third-order valence-electron chi connectivity index (χ3n) is 5.45. The molecule has 0 aliphatic rings. The van der Waals surface area contributed by atoms with Crippen molar-refractivity contribution in [1.29, 1.82) is 0 Å². The highest BCUT2D eigenvalue weighted by atomic mass is 16.5. The molecule has 0 bridgehead atoms. The van der Waals surface area contributed by atoms with Gasteiger partial charge in [0.15, 0.2) is 0 Å². The molecule has 1 aromatic rings. The summed E-state index contributed by atoms with van der Waals surface area (Å²) in [7, 11) is 0. The number of rotatable bonds is 19. The Hall–Kier alpha value is -1.02. The van der Waals surface area contributed by atoms with Gasteiger partial charge in [-0.2, -0.15) is 0 Å². The van der Waals surface area contributed by atoms with Gasteiger partial charge in [0.2, 0.25) is 0 Å². The summed E-state index contributed by atoms with van der Waals surface area (Å²) in [6.07, 6.45) is 19.9. The molecular formula is C26H47NO. The molecule has 1 N–H and O–H groups in total. The van der Waals surface area contributed by atoms with Crippen LogP contribution in [0.15, 0.2) is 18.2 Å². The molecule has 2 nitrogen and oxygen atoms in total. The smallest absolute Gasteiger partial charge is 0.119 e. The third-order valence-corrected chi connectivity index (χ3v) is 5.45. The van der Waals surface area contributed by atoms with Crippen molar-refractivity contribution >= 4 is 0 Å². The number of benzene rings is 1. The molecule has 2 heteroatoms. The molecule has 0 fully saturated rings. The minimum Gasteiger partial charge on any atom is -0.492 e. The summed E-state index contributed by atoms with van der Waals surface area (Å²) in [5, 5.41) is 3.50. The van der Waals surface area contributed by atoms with Gasteiger partial charge in [-0.15, -0.1) is 0 Å². The molecule has 0 amide bonds. The van der Waals surface area contributed by atoms with E-state index in [0.29, 0.717) is 0 Å². The molecule has 0 radical (unpaired) electrons. The van der Waals surface area contributed by atoms with Crippen LogP contribution >= 0.6 is 0 Å². The monoisotopic (exact) mass is 389 g/mol. The maximum absolute atomic E-state index is 5.83. The first-order chi connectivity index (χ1) is 13.7. The number of unbranched alkanes of at least 4 members (excludes halogenated alkanes) is 13. The molecular weight excluding hydrogens is 342 g/mol. The summed E-state index contributed by atoms with van der Waals surface area (Å²) in [6, 6.07) is 6.40. The Morgan fingerprint density at radius 1 is 0.607 bits per heavy atom. The third kappa shape index (κ3) is 15.0. The zero-order valence-electron chi connectivity index (χ0n) is 19.2. The summed E-state index contributed by atoms with van der Waals surface area (Å²) in [6.45, 7) is 9.34. The quantitative estimate of drug-likeness (QED) is 0.244. The Morgan fingerprint density at radius 3 is 1.57 bits per heavy atom. The molecule has 0 saturated heterocycles. The van der Waals surface area contributed by atoms with E-state index < -0.39 is 0 Å². The fourth-order valence-electron chi connectivity index (χ4n) is 3.83. The molecule has 0 aliphatic carbocycles. The summed E-state index contributed by atoms with van der Waals surface area (Å²) < 4.78 is 5.83. The summed E-state index contributed by atoms with van der Waals surface area (Å²) in [5.41, 5.74) is 2.54. The Labute approximate surface area is 175 Å². The van der Waals surface area contributed by atoms with Gasteiger partial charge in [-0.1, -0.05) is 96.5 Å². The van der Waals surface area contributed by atoms with Crippen LogP contribution in [0.5, 0.6) is 5.75 Å². The second kappa shape index (κ2) is 18.0. The molecule has 0 spiro atoms. The average Bonchev–Trinajstić information content (AvgIpc) is 2.66. The van der Waals surface area contributed by atoms with E-state index in [1.807, 2.05) is 0 Å². The van der Waals surface area contributed by atoms with Crippen LogP contribution in [0, 0.1) is 13.8 Å². The molecule has 0 heterocycles. The Bertz CT molecular complexity index is 451. The molecule has 1 aromatic carbocycles. The van der Waals surface area contributed by atoms with Crippen LogP contribution in [0.25, 0.3) is 0 Å². The van der Waals surface area contributed by atoms with Crippen molar-refractivity contribution < 1.29 is 4.74 Å². The van der Waals surface area contributed by atoms with E-state index in [-0.39, 0.29) is 0 Å². The van der Waals surface area contributed by atoms with Crippen LogP contribution in [0.1, 0.15) is 108 Å². The maximum atomic E-state index is 5.83. The van der Waals surface area contributed by atoms with Gasteiger partial charge in [-0.05, 0) is 50.1 Å². The second-order valence-electron chi connectivity index (χ2n) is 8.52. The van der Waals surface area contributed by atoms with Crippen LogP contribution in [-0.4, -0.2) is 19.7 Å². The fourth-order valence-corrected chi connectivity index (χ4v) is 3.83. The van der Waals surface area contributed by atoms with Crippen molar-refractivity contribution in [3.05, 3.63) is 29.3 Å². The standard InChI is InChI=1S/C26H47NO/c1-4-5-6-7-8-9-10-11-12-13-14-15-16-17-18-27-19-20-28-26-22-24(2)21-25(3)23-26/h21-23,27H,4-20H2,1-3H3. The van der Waals surface area contributed by atoms with Crippen LogP contribution in [-0.2, 0) is 0 Å². The van der Waals surface area contributed by atoms with E-state index in [4.69, 9.17) is 4.74 Å². The Balaban J connectivity index is 1.76. The zero-order valence-corrected chi connectivity index (χ0v) is 19.2. The summed E-state index contributed by atoms with van der Waals surface area (Å²) in [5.74, 6) is 0.996. The van der Waals surface area contributed by atoms with E-state index in [1.54, 1.807) is 0 Å². The van der Waals surface area contributed by atoms with Gasteiger partial charge in [0.1, 0.15) is 12.4 Å². The van der Waals surface area contributed by atoms with E-state index >= 15 is 0 Å². The second-order valence-corrected chi connectivity index (χ2v) is 8.52. The highest BCUT2D eigenvalue weighted by molar-refractivity contribution is 5.32. The van der Waals surface area contributed by atoms with Crippen LogP contribution < -0.4 is 10.1 Å². The van der Waals surface area contributed by atoms with Gasteiger partial charge in [-0.25, -0.2) is 0 Å². The lowest BCUT2D eigenvalue weighted by molar-refractivity contribution is 0.313. The van der Waals surface area contributed by atoms with Crippen molar-refractivity contribution in [2.45, 2.75) is 111 Å².